The van der Waals surface area contributed by atoms with Crippen LogP contribution in [0, 0.1) is 5.92 Å². The number of benzene rings is 1. The molecule has 22 heavy (non-hydrogen) atoms. The number of amides is 1. The van der Waals surface area contributed by atoms with Gasteiger partial charge in [-0.3, -0.25) is 4.79 Å². The van der Waals surface area contributed by atoms with Crippen molar-refractivity contribution < 1.29 is 9.53 Å². The molecule has 0 spiro atoms. The Morgan fingerprint density at radius 2 is 2.27 bits per heavy atom. The van der Waals surface area contributed by atoms with Gasteiger partial charge in [0.25, 0.3) is 5.91 Å². The fourth-order valence-electron chi connectivity index (χ4n) is 3.00. The third-order valence-electron chi connectivity index (χ3n) is 4.15. The number of nitrogen functional groups attached to an aromatic ring is 1. The Labute approximate surface area is 137 Å². The van der Waals surface area contributed by atoms with Crippen molar-refractivity contribution in [3.8, 4) is 5.75 Å². The van der Waals surface area contributed by atoms with Crippen molar-refractivity contribution >= 4 is 23.2 Å². The standard InChI is InChI=1S/C16H24ClN3O2/c1-19-6-4-5-11(9-19)10-20(2)16(21)12-7-13(17)14(18)8-15(12)22-3/h7-8,11H,4-6,9-10,18H2,1-3H3. The molecule has 1 aliphatic rings. The van der Waals surface area contributed by atoms with E-state index in [2.05, 4.69) is 11.9 Å². The van der Waals surface area contributed by atoms with E-state index in [-0.39, 0.29) is 5.91 Å². The van der Waals surface area contributed by atoms with Gasteiger partial charge in [-0.05, 0) is 38.4 Å². The summed E-state index contributed by atoms with van der Waals surface area (Å²) in [6.45, 7) is 2.89. The van der Waals surface area contributed by atoms with E-state index in [1.165, 1.54) is 13.5 Å². The minimum absolute atomic E-state index is 0.0908. The maximum Gasteiger partial charge on any atom is 0.257 e. The lowest BCUT2D eigenvalue weighted by Crippen LogP contribution is -2.40. The number of hydrogen-bond acceptors (Lipinski definition) is 4. The number of rotatable bonds is 4. The van der Waals surface area contributed by atoms with E-state index in [0.29, 0.717) is 27.9 Å². The summed E-state index contributed by atoms with van der Waals surface area (Å²) in [7, 11) is 5.47. The van der Waals surface area contributed by atoms with Crippen LogP contribution in [0.2, 0.25) is 5.02 Å². The first-order valence-corrected chi connectivity index (χ1v) is 7.87. The van der Waals surface area contributed by atoms with Gasteiger partial charge in [-0.2, -0.15) is 0 Å². The van der Waals surface area contributed by atoms with E-state index < -0.39 is 0 Å². The molecule has 1 aromatic carbocycles. The Morgan fingerprint density at radius 1 is 1.55 bits per heavy atom. The normalized spacial score (nSPS) is 19.0. The monoisotopic (exact) mass is 325 g/mol. The molecule has 0 saturated carbocycles. The molecule has 0 bridgehead atoms. The molecule has 0 aromatic heterocycles. The van der Waals surface area contributed by atoms with Crippen LogP contribution in [0.15, 0.2) is 12.1 Å². The first-order chi connectivity index (χ1) is 10.4. The Bertz CT molecular complexity index is 550. The molecule has 6 heteroatoms. The predicted octanol–water partition coefficient (Wildman–Crippen LogP) is 2.34. The maximum absolute atomic E-state index is 12.7. The van der Waals surface area contributed by atoms with Crippen LogP contribution in [0.1, 0.15) is 23.2 Å². The van der Waals surface area contributed by atoms with Gasteiger partial charge >= 0.3 is 0 Å². The number of likely N-dealkylation sites (tertiary alicyclic amines) is 1. The second kappa shape index (κ2) is 7.20. The second-order valence-corrected chi connectivity index (χ2v) is 6.44. The molecular weight excluding hydrogens is 302 g/mol. The zero-order valence-electron chi connectivity index (χ0n) is 13.4. The summed E-state index contributed by atoms with van der Waals surface area (Å²) in [5.74, 6) is 0.870. The first-order valence-electron chi connectivity index (χ1n) is 7.49. The number of anilines is 1. The molecule has 1 amide bonds. The molecular formula is C16H24ClN3O2. The number of piperidine rings is 1. The van der Waals surface area contributed by atoms with Crippen LogP contribution in [0.5, 0.6) is 5.75 Å². The molecule has 5 nitrogen and oxygen atoms in total. The van der Waals surface area contributed by atoms with Gasteiger partial charge in [0.1, 0.15) is 5.75 Å². The average molecular weight is 326 g/mol. The summed E-state index contributed by atoms with van der Waals surface area (Å²) >= 11 is 6.04. The van der Waals surface area contributed by atoms with Crippen LogP contribution in [-0.2, 0) is 0 Å². The van der Waals surface area contributed by atoms with Crippen LogP contribution in [-0.4, -0.2) is 56.5 Å². The Kier molecular flexibility index (Phi) is 5.53. The number of ether oxygens (including phenoxy) is 1. The molecule has 1 fully saturated rings. The molecule has 2 N–H and O–H groups in total. The van der Waals surface area contributed by atoms with Crippen molar-refractivity contribution in [2.24, 2.45) is 5.92 Å². The summed E-state index contributed by atoms with van der Waals surface area (Å²) in [4.78, 5) is 16.7. The Morgan fingerprint density at radius 3 is 2.91 bits per heavy atom. The largest absolute Gasteiger partial charge is 0.496 e. The lowest BCUT2D eigenvalue weighted by atomic mass is 9.97. The van der Waals surface area contributed by atoms with E-state index in [0.717, 1.165) is 26.1 Å². The zero-order chi connectivity index (χ0) is 16.3. The SMILES string of the molecule is COc1cc(N)c(Cl)cc1C(=O)N(C)CC1CCCN(C)C1. The van der Waals surface area contributed by atoms with E-state index in [9.17, 15) is 4.79 Å². The van der Waals surface area contributed by atoms with Crippen molar-refractivity contribution in [2.75, 3.05) is 46.6 Å². The summed E-state index contributed by atoms with van der Waals surface area (Å²) in [6.07, 6.45) is 2.34. The van der Waals surface area contributed by atoms with Crippen molar-refractivity contribution in [3.05, 3.63) is 22.7 Å². The third-order valence-corrected chi connectivity index (χ3v) is 4.48. The van der Waals surface area contributed by atoms with E-state index in [1.807, 2.05) is 7.05 Å². The number of halogens is 1. The van der Waals surface area contributed by atoms with Crippen molar-refractivity contribution in [1.82, 2.24) is 9.80 Å². The van der Waals surface area contributed by atoms with Crippen molar-refractivity contribution in [1.29, 1.82) is 0 Å². The lowest BCUT2D eigenvalue weighted by molar-refractivity contribution is 0.0737. The van der Waals surface area contributed by atoms with E-state index in [1.54, 1.807) is 17.0 Å². The van der Waals surface area contributed by atoms with Crippen LogP contribution >= 0.6 is 11.6 Å². The summed E-state index contributed by atoms with van der Waals surface area (Å²) < 4.78 is 5.27. The van der Waals surface area contributed by atoms with Gasteiger partial charge in [0.05, 0.1) is 23.4 Å². The zero-order valence-corrected chi connectivity index (χ0v) is 14.2. The molecule has 1 unspecified atom stereocenters. The minimum atomic E-state index is -0.0908. The quantitative estimate of drug-likeness (QED) is 0.863. The summed E-state index contributed by atoms with van der Waals surface area (Å²) in [5.41, 5.74) is 6.62. The van der Waals surface area contributed by atoms with Crippen LogP contribution < -0.4 is 10.5 Å². The highest BCUT2D eigenvalue weighted by Crippen LogP contribution is 2.30. The van der Waals surface area contributed by atoms with E-state index >= 15 is 0 Å². The molecule has 1 saturated heterocycles. The van der Waals surface area contributed by atoms with Gasteiger partial charge in [0.15, 0.2) is 0 Å². The number of methoxy groups -OCH3 is 1. The van der Waals surface area contributed by atoms with Gasteiger partial charge in [-0.25, -0.2) is 0 Å². The van der Waals surface area contributed by atoms with Crippen molar-refractivity contribution in [2.45, 2.75) is 12.8 Å². The maximum atomic E-state index is 12.7. The van der Waals surface area contributed by atoms with Crippen molar-refractivity contribution in [3.63, 3.8) is 0 Å². The first kappa shape index (κ1) is 16.9. The highest BCUT2D eigenvalue weighted by Gasteiger charge is 2.23. The molecule has 122 valence electrons. The molecule has 1 aliphatic heterocycles. The fraction of sp³-hybridized carbons (Fsp3) is 0.562. The number of carbonyl (C=O) groups excluding carboxylic acids is 1. The van der Waals surface area contributed by atoms with Gasteiger partial charge in [-0.15, -0.1) is 0 Å². The fourth-order valence-corrected chi connectivity index (χ4v) is 3.17. The molecule has 1 aromatic rings. The predicted molar refractivity (Wildman–Crippen MR) is 89.6 cm³/mol. The van der Waals surface area contributed by atoms with E-state index in [4.69, 9.17) is 22.1 Å². The number of hydrogen-bond donors (Lipinski definition) is 1. The van der Waals surface area contributed by atoms with Gasteiger partial charge in [0, 0.05) is 26.2 Å². The van der Waals surface area contributed by atoms with Gasteiger partial charge in [0.2, 0.25) is 0 Å². The molecule has 0 radical (unpaired) electrons. The van der Waals surface area contributed by atoms with Crippen LogP contribution in [0.4, 0.5) is 5.69 Å². The van der Waals surface area contributed by atoms with Gasteiger partial charge < -0.3 is 20.3 Å². The number of nitrogens with two attached hydrogens (primary N) is 1. The molecule has 1 heterocycles. The Hall–Kier alpha value is -1.46. The van der Waals surface area contributed by atoms with Gasteiger partial charge in [-0.1, -0.05) is 11.6 Å². The topological polar surface area (TPSA) is 58.8 Å². The number of carbonyl (C=O) groups is 1. The molecule has 0 aliphatic carbocycles. The smallest absolute Gasteiger partial charge is 0.257 e. The highest BCUT2D eigenvalue weighted by atomic mass is 35.5. The summed E-state index contributed by atoms with van der Waals surface area (Å²) in [5, 5.41) is 0.370. The molecule has 1 atom stereocenters. The Balaban J connectivity index is 2.11. The second-order valence-electron chi connectivity index (χ2n) is 6.03. The highest BCUT2D eigenvalue weighted by molar-refractivity contribution is 6.33. The average Bonchev–Trinajstić information content (AvgIpc) is 2.48. The number of nitrogens with zero attached hydrogens (tertiary/aromatic N) is 2. The molecule has 2 rings (SSSR count). The van der Waals surface area contributed by atoms with Crippen LogP contribution in [0.25, 0.3) is 0 Å². The third kappa shape index (κ3) is 3.84. The summed E-state index contributed by atoms with van der Waals surface area (Å²) in [6, 6.07) is 3.18. The van der Waals surface area contributed by atoms with Crippen LogP contribution in [0.3, 0.4) is 0 Å². The lowest BCUT2D eigenvalue weighted by Gasteiger charge is -2.32. The minimum Gasteiger partial charge on any atom is -0.496 e.